The number of nitrogens with zero attached hydrogens (tertiary/aromatic N) is 2. The van der Waals surface area contributed by atoms with E-state index in [1.807, 2.05) is 18.2 Å². The highest BCUT2D eigenvalue weighted by Gasteiger charge is 2.15. The molecule has 0 aliphatic carbocycles. The average Bonchev–Trinajstić information content (AvgIpc) is 2.75. The molecule has 0 amide bonds. The molecule has 0 spiro atoms. The fourth-order valence-corrected chi connectivity index (χ4v) is 3.11. The first-order chi connectivity index (χ1) is 14.0. The Bertz CT molecular complexity index is 769. The molecule has 2 aromatic carbocycles. The van der Waals surface area contributed by atoms with Gasteiger partial charge >= 0.3 is 0 Å². The molecular weight excluding hydrogens is 368 g/mol. The zero-order valence-corrected chi connectivity index (χ0v) is 18.2. The Balaban J connectivity index is 2.04. The lowest BCUT2D eigenvalue weighted by Crippen LogP contribution is -2.41. The molecule has 2 N–H and O–H groups in total. The Hall–Kier alpha value is -2.93. The average molecular weight is 401 g/mol. The van der Waals surface area contributed by atoms with E-state index in [-0.39, 0.29) is 6.04 Å². The molecule has 0 heterocycles. The van der Waals surface area contributed by atoms with Gasteiger partial charge in [0.25, 0.3) is 0 Å². The van der Waals surface area contributed by atoms with Crippen LogP contribution in [-0.4, -0.2) is 59.9 Å². The molecule has 0 aliphatic rings. The predicted octanol–water partition coefficient (Wildman–Crippen LogP) is 2.68. The number of aliphatic imine (C=N–C) groups is 1. The minimum atomic E-state index is 0.232. The van der Waals surface area contributed by atoms with Crippen LogP contribution in [0.2, 0.25) is 0 Å². The number of likely N-dealkylation sites (N-methyl/N-ethyl adjacent to an activating group) is 1. The van der Waals surface area contributed by atoms with E-state index in [1.165, 1.54) is 5.56 Å². The maximum atomic E-state index is 5.42. The minimum absolute atomic E-state index is 0.232. The van der Waals surface area contributed by atoms with Gasteiger partial charge in [-0.3, -0.25) is 4.99 Å². The van der Waals surface area contributed by atoms with Gasteiger partial charge in [-0.2, -0.15) is 0 Å². The third-order valence-electron chi connectivity index (χ3n) is 4.68. The molecule has 0 saturated carbocycles. The molecule has 2 aromatic rings. The molecule has 0 bridgehead atoms. The molecule has 2 rings (SSSR count). The van der Waals surface area contributed by atoms with Crippen molar-refractivity contribution in [3.63, 3.8) is 0 Å². The molecule has 0 radical (unpaired) electrons. The smallest absolute Gasteiger partial charge is 0.203 e. The maximum Gasteiger partial charge on any atom is 0.203 e. The molecule has 1 atom stereocenters. The zero-order chi connectivity index (χ0) is 21.2. The number of hydrogen-bond acceptors (Lipinski definition) is 5. The molecule has 7 nitrogen and oxygen atoms in total. The van der Waals surface area contributed by atoms with Crippen molar-refractivity contribution in [1.29, 1.82) is 0 Å². The Morgan fingerprint density at radius 3 is 2.07 bits per heavy atom. The summed E-state index contributed by atoms with van der Waals surface area (Å²) in [6, 6.07) is 14.5. The van der Waals surface area contributed by atoms with Crippen molar-refractivity contribution in [2.75, 3.05) is 49.0 Å². The van der Waals surface area contributed by atoms with Crippen molar-refractivity contribution < 1.29 is 14.2 Å². The van der Waals surface area contributed by atoms with Crippen LogP contribution in [0.5, 0.6) is 17.2 Å². The molecule has 0 saturated heterocycles. The number of rotatable bonds is 9. The Kier molecular flexibility index (Phi) is 8.61. The van der Waals surface area contributed by atoms with Crippen LogP contribution in [0.3, 0.4) is 0 Å². The lowest BCUT2D eigenvalue weighted by molar-refractivity contribution is 0.298. The zero-order valence-electron chi connectivity index (χ0n) is 18.2. The van der Waals surface area contributed by atoms with Gasteiger partial charge in [0.2, 0.25) is 5.75 Å². The summed E-state index contributed by atoms with van der Waals surface area (Å²) in [5.41, 5.74) is 2.25. The quantitative estimate of drug-likeness (QED) is 0.498. The number of nitrogens with one attached hydrogen (secondary N) is 2. The number of ether oxygens (including phenoxy) is 3. The monoisotopic (exact) mass is 400 g/mol. The van der Waals surface area contributed by atoms with Crippen LogP contribution in [0.1, 0.15) is 17.2 Å². The third-order valence-corrected chi connectivity index (χ3v) is 4.68. The highest BCUT2D eigenvalue weighted by Crippen LogP contribution is 2.38. The van der Waals surface area contributed by atoms with Gasteiger partial charge in [-0.05, 0) is 37.4 Å². The number of methoxy groups -OCH3 is 3. The number of guanidine groups is 1. The van der Waals surface area contributed by atoms with Gasteiger partial charge in [0.1, 0.15) is 0 Å². The first-order valence-electron chi connectivity index (χ1n) is 9.48. The normalized spacial score (nSPS) is 12.4. The highest BCUT2D eigenvalue weighted by atomic mass is 16.5. The van der Waals surface area contributed by atoms with Crippen LogP contribution in [0.25, 0.3) is 0 Å². The third kappa shape index (κ3) is 6.02. The van der Waals surface area contributed by atoms with Gasteiger partial charge in [0.15, 0.2) is 17.5 Å². The summed E-state index contributed by atoms with van der Waals surface area (Å²) >= 11 is 0. The van der Waals surface area contributed by atoms with Gasteiger partial charge < -0.3 is 29.7 Å². The van der Waals surface area contributed by atoms with Crippen molar-refractivity contribution in [1.82, 2.24) is 15.5 Å². The fraction of sp³-hybridized carbons (Fsp3) is 0.409. The van der Waals surface area contributed by atoms with Crippen molar-refractivity contribution in [3.8, 4) is 17.2 Å². The second kappa shape index (κ2) is 11.2. The lowest BCUT2D eigenvalue weighted by Gasteiger charge is -2.26. The van der Waals surface area contributed by atoms with Crippen LogP contribution in [0, 0.1) is 0 Å². The van der Waals surface area contributed by atoms with Crippen molar-refractivity contribution in [2.24, 2.45) is 4.99 Å². The summed E-state index contributed by atoms with van der Waals surface area (Å²) in [6.45, 7) is 1.29. The van der Waals surface area contributed by atoms with Crippen LogP contribution in [-0.2, 0) is 6.54 Å². The predicted molar refractivity (Wildman–Crippen MR) is 117 cm³/mol. The van der Waals surface area contributed by atoms with Gasteiger partial charge in [-0.15, -0.1) is 0 Å². The van der Waals surface area contributed by atoms with Gasteiger partial charge in [0.05, 0.1) is 27.4 Å². The van der Waals surface area contributed by atoms with Crippen LogP contribution in [0.15, 0.2) is 47.5 Å². The van der Waals surface area contributed by atoms with E-state index in [1.54, 1.807) is 28.4 Å². The summed E-state index contributed by atoms with van der Waals surface area (Å²) in [5.74, 6) is 2.56. The van der Waals surface area contributed by atoms with Gasteiger partial charge in [-0.1, -0.05) is 30.3 Å². The van der Waals surface area contributed by atoms with Crippen LogP contribution in [0.4, 0.5) is 0 Å². The minimum Gasteiger partial charge on any atom is -0.493 e. The first kappa shape index (κ1) is 22.4. The molecule has 1 unspecified atom stereocenters. The highest BCUT2D eigenvalue weighted by molar-refractivity contribution is 5.79. The van der Waals surface area contributed by atoms with E-state index in [4.69, 9.17) is 14.2 Å². The Morgan fingerprint density at radius 2 is 1.59 bits per heavy atom. The second-order valence-corrected chi connectivity index (χ2v) is 6.73. The Labute approximate surface area is 173 Å². The molecule has 0 fully saturated rings. The van der Waals surface area contributed by atoms with E-state index in [9.17, 15) is 0 Å². The fourth-order valence-electron chi connectivity index (χ4n) is 3.11. The van der Waals surface area contributed by atoms with E-state index < -0.39 is 0 Å². The number of benzene rings is 2. The van der Waals surface area contributed by atoms with Crippen molar-refractivity contribution in [2.45, 2.75) is 12.6 Å². The standard InChI is InChI=1S/C22H32N4O3/c1-23-22(25-15-18(26(2)3)17-10-8-7-9-11-17)24-14-16-12-19(27-4)21(29-6)20(13-16)28-5/h7-13,18H,14-15H2,1-6H3,(H2,23,24,25). The van der Waals surface area contributed by atoms with E-state index in [2.05, 4.69) is 58.9 Å². The summed E-state index contributed by atoms with van der Waals surface area (Å²) in [4.78, 5) is 6.52. The SMILES string of the molecule is CN=C(NCc1cc(OC)c(OC)c(OC)c1)NCC(c1ccccc1)N(C)C. The van der Waals surface area contributed by atoms with E-state index >= 15 is 0 Å². The topological polar surface area (TPSA) is 67.4 Å². The lowest BCUT2D eigenvalue weighted by atomic mass is 10.1. The van der Waals surface area contributed by atoms with Crippen LogP contribution >= 0.6 is 0 Å². The molecule has 158 valence electrons. The van der Waals surface area contributed by atoms with Crippen LogP contribution < -0.4 is 24.8 Å². The van der Waals surface area contributed by atoms with E-state index in [0.29, 0.717) is 23.8 Å². The molecule has 0 aliphatic heterocycles. The van der Waals surface area contributed by atoms with Crippen molar-refractivity contribution >= 4 is 5.96 Å². The number of hydrogen-bond donors (Lipinski definition) is 2. The largest absolute Gasteiger partial charge is 0.493 e. The Morgan fingerprint density at radius 1 is 0.966 bits per heavy atom. The second-order valence-electron chi connectivity index (χ2n) is 6.73. The van der Waals surface area contributed by atoms with Gasteiger partial charge in [0, 0.05) is 20.1 Å². The van der Waals surface area contributed by atoms with E-state index in [0.717, 1.165) is 18.1 Å². The maximum absolute atomic E-state index is 5.42. The molecule has 0 aromatic heterocycles. The first-order valence-corrected chi connectivity index (χ1v) is 9.48. The van der Waals surface area contributed by atoms with Gasteiger partial charge in [-0.25, -0.2) is 0 Å². The van der Waals surface area contributed by atoms with Crippen molar-refractivity contribution in [3.05, 3.63) is 53.6 Å². The summed E-state index contributed by atoms with van der Waals surface area (Å²) in [7, 11) is 10.7. The summed E-state index contributed by atoms with van der Waals surface area (Å²) < 4.78 is 16.2. The molecule has 7 heteroatoms. The summed E-state index contributed by atoms with van der Waals surface area (Å²) in [6.07, 6.45) is 0. The molecule has 29 heavy (non-hydrogen) atoms. The summed E-state index contributed by atoms with van der Waals surface area (Å²) in [5, 5.41) is 6.75. The molecular formula is C22H32N4O3.